The van der Waals surface area contributed by atoms with Gasteiger partial charge in [-0.05, 0) is 6.08 Å². The van der Waals surface area contributed by atoms with Crippen molar-refractivity contribution in [3.05, 3.63) is 29.7 Å². The lowest BCUT2D eigenvalue weighted by atomic mass is 10.3. The third kappa shape index (κ3) is 1.44. The Bertz CT molecular complexity index is 232. The van der Waals surface area contributed by atoms with Crippen molar-refractivity contribution in [2.75, 3.05) is 13.7 Å². The second-order valence-corrected chi connectivity index (χ2v) is 1.96. The van der Waals surface area contributed by atoms with Crippen molar-refractivity contribution in [3.8, 4) is 0 Å². The average Bonchev–Trinajstić information content (AvgIpc) is 2.37. The lowest BCUT2D eigenvalue weighted by molar-refractivity contribution is 0.225. The van der Waals surface area contributed by atoms with Crippen molar-refractivity contribution in [1.82, 2.24) is 0 Å². The van der Waals surface area contributed by atoms with E-state index in [0.29, 0.717) is 6.61 Å². The highest BCUT2D eigenvalue weighted by Crippen LogP contribution is 2.08. The van der Waals surface area contributed by atoms with Crippen molar-refractivity contribution < 1.29 is 4.74 Å². The summed E-state index contributed by atoms with van der Waals surface area (Å²) in [7, 11) is 1.64. The molecule has 1 heterocycles. The number of hydrogen-bond acceptors (Lipinski definition) is 2. The SMILES string of the molecule is C=C=C1C=NC(COC)=C1. The van der Waals surface area contributed by atoms with Crippen LogP contribution < -0.4 is 0 Å². The van der Waals surface area contributed by atoms with E-state index < -0.39 is 0 Å². The smallest absolute Gasteiger partial charge is 0.0884 e. The molecule has 0 saturated heterocycles. The molecule has 0 aromatic heterocycles. The van der Waals surface area contributed by atoms with Gasteiger partial charge < -0.3 is 4.74 Å². The molecule has 1 aliphatic rings. The van der Waals surface area contributed by atoms with Gasteiger partial charge in [-0.3, -0.25) is 4.99 Å². The van der Waals surface area contributed by atoms with Crippen molar-refractivity contribution in [3.63, 3.8) is 0 Å². The first kappa shape index (κ1) is 7.00. The molecule has 0 N–H and O–H groups in total. The maximum Gasteiger partial charge on any atom is 0.0884 e. The molecule has 0 unspecified atom stereocenters. The van der Waals surface area contributed by atoms with Crippen LogP contribution in [0.4, 0.5) is 0 Å². The topological polar surface area (TPSA) is 21.6 Å². The van der Waals surface area contributed by atoms with Crippen LogP contribution in [0.15, 0.2) is 34.6 Å². The van der Waals surface area contributed by atoms with Gasteiger partial charge >= 0.3 is 0 Å². The molecule has 0 amide bonds. The molecule has 0 radical (unpaired) electrons. The van der Waals surface area contributed by atoms with Crippen LogP contribution >= 0.6 is 0 Å². The fraction of sp³-hybridized carbons (Fsp3) is 0.250. The minimum atomic E-state index is 0.557. The molecular formula is C8H9NO. The van der Waals surface area contributed by atoms with Gasteiger partial charge in [-0.2, -0.15) is 0 Å². The highest BCUT2D eigenvalue weighted by molar-refractivity contribution is 5.86. The fourth-order valence-corrected chi connectivity index (χ4v) is 0.730. The van der Waals surface area contributed by atoms with Gasteiger partial charge in [-0.25, -0.2) is 0 Å². The second-order valence-electron chi connectivity index (χ2n) is 1.96. The first-order valence-corrected chi connectivity index (χ1v) is 3.00. The van der Waals surface area contributed by atoms with E-state index >= 15 is 0 Å². The van der Waals surface area contributed by atoms with Crippen LogP contribution in [-0.4, -0.2) is 19.9 Å². The molecule has 2 nitrogen and oxygen atoms in total. The number of hydrogen-bond donors (Lipinski definition) is 0. The van der Waals surface area contributed by atoms with E-state index in [4.69, 9.17) is 4.74 Å². The zero-order valence-corrected chi connectivity index (χ0v) is 5.92. The minimum absolute atomic E-state index is 0.557. The lowest BCUT2D eigenvalue weighted by Crippen LogP contribution is -1.87. The van der Waals surface area contributed by atoms with Crippen LogP contribution in [0.5, 0.6) is 0 Å². The Labute approximate surface area is 60.2 Å². The van der Waals surface area contributed by atoms with E-state index in [1.54, 1.807) is 13.3 Å². The summed E-state index contributed by atoms with van der Waals surface area (Å²) in [6, 6.07) is 0. The Kier molecular flexibility index (Phi) is 2.21. The Morgan fingerprint density at radius 3 is 3.10 bits per heavy atom. The van der Waals surface area contributed by atoms with Gasteiger partial charge in [0.2, 0.25) is 0 Å². The summed E-state index contributed by atoms with van der Waals surface area (Å²) in [6.45, 7) is 4.06. The number of nitrogens with zero attached hydrogens (tertiary/aromatic N) is 1. The van der Waals surface area contributed by atoms with Gasteiger partial charge in [-0.15, -0.1) is 5.73 Å². The Morgan fingerprint density at radius 2 is 2.60 bits per heavy atom. The maximum atomic E-state index is 4.88. The molecule has 0 spiro atoms. The molecule has 0 fully saturated rings. The predicted octanol–water partition coefficient (Wildman–Crippen LogP) is 1.31. The molecule has 52 valence electrons. The molecule has 0 aliphatic carbocycles. The summed E-state index contributed by atoms with van der Waals surface area (Å²) in [5.74, 6) is 0. The summed E-state index contributed by atoms with van der Waals surface area (Å²) in [5, 5.41) is 0. The quantitative estimate of drug-likeness (QED) is 0.523. The molecule has 0 aromatic rings. The number of methoxy groups -OCH3 is 1. The van der Waals surface area contributed by atoms with Crippen molar-refractivity contribution >= 4 is 6.21 Å². The van der Waals surface area contributed by atoms with Crippen LogP contribution in [0.3, 0.4) is 0 Å². The lowest BCUT2D eigenvalue weighted by Gasteiger charge is -1.91. The second kappa shape index (κ2) is 3.16. The van der Waals surface area contributed by atoms with Crippen molar-refractivity contribution in [1.29, 1.82) is 0 Å². The maximum absolute atomic E-state index is 4.88. The Morgan fingerprint density at radius 1 is 1.80 bits per heavy atom. The number of allylic oxidation sites excluding steroid dienone is 2. The summed E-state index contributed by atoms with van der Waals surface area (Å²) in [6.07, 6.45) is 3.62. The zero-order valence-electron chi connectivity index (χ0n) is 5.92. The molecule has 1 rings (SSSR count). The third-order valence-corrected chi connectivity index (χ3v) is 1.19. The van der Waals surface area contributed by atoms with E-state index in [-0.39, 0.29) is 0 Å². The van der Waals surface area contributed by atoms with Crippen LogP contribution in [0.25, 0.3) is 0 Å². The van der Waals surface area contributed by atoms with Crippen LogP contribution in [0.2, 0.25) is 0 Å². The van der Waals surface area contributed by atoms with Crippen molar-refractivity contribution in [2.24, 2.45) is 4.99 Å². The van der Waals surface area contributed by atoms with Gasteiger partial charge in [0.25, 0.3) is 0 Å². The molecular weight excluding hydrogens is 126 g/mol. The average molecular weight is 135 g/mol. The van der Waals surface area contributed by atoms with E-state index in [1.807, 2.05) is 6.08 Å². The molecule has 0 atom stereocenters. The van der Waals surface area contributed by atoms with E-state index in [9.17, 15) is 0 Å². The number of aliphatic imine (C=N–C) groups is 1. The summed E-state index contributed by atoms with van der Waals surface area (Å²) in [4.78, 5) is 4.05. The van der Waals surface area contributed by atoms with E-state index in [1.165, 1.54) is 0 Å². The minimum Gasteiger partial charge on any atom is -0.378 e. The first-order valence-electron chi connectivity index (χ1n) is 3.00. The van der Waals surface area contributed by atoms with Gasteiger partial charge in [0.05, 0.1) is 12.3 Å². The summed E-state index contributed by atoms with van der Waals surface area (Å²) >= 11 is 0. The summed E-state index contributed by atoms with van der Waals surface area (Å²) < 4.78 is 4.88. The Hall–Kier alpha value is -1.11. The highest BCUT2D eigenvalue weighted by atomic mass is 16.5. The molecule has 2 heteroatoms. The van der Waals surface area contributed by atoms with E-state index in [2.05, 4.69) is 17.3 Å². The zero-order chi connectivity index (χ0) is 7.40. The molecule has 10 heavy (non-hydrogen) atoms. The highest BCUT2D eigenvalue weighted by Gasteiger charge is 2.00. The molecule has 0 aromatic carbocycles. The first-order chi connectivity index (χ1) is 4.86. The van der Waals surface area contributed by atoms with Crippen LogP contribution in [0.1, 0.15) is 0 Å². The van der Waals surface area contributed by atoms with E-state index in [0.717, 1.165) is 11.3 Å². The van der Waals surface area contributed by atoms with Crippen LogP contribution in [-0.2, 0) is 4.74 Å². The Balaban J connectivity index is 2.68. The standard InChI is InChI=1S/C8H9NO/c1-3-7-4-8(6-10-2)9-5-7/h4-5H,1,6H2,2H3. The molecule has 0 bridgehead atoms. The molecule has 0 saturated carbocycles. The predicted molar refractivity (Wildman–Crippen MR) is 41.1 cm³/mol. The summed E-state index contributed by atoms with van der Waals surface area (Å²) in [5.41, 5.74) is 4.59. The fourth-order valence-electron chi connectivity index (χ4n) is 0.730. The normalized spacial score (nSPS) is 15.3. The third-order valence-electron chi connectivity index (χ3n) is 1.19. The van der Waals surface area contributed by atoms with Gasteiger partial charge in [0.15, 0.2) is 0 Å². The van der Waals surface area contributed by atoms with Gasteiger partial charge in [0.1, 0.15) is 0 Å². The van der Waals surface area contributed by atoms with Gasteiger partial charge in [-0.1, -0.05) is 6.58 Å². The number of ether oxygens (including phenoxy) is 1. The van der Waals surface area contributed by atoms with Crippen molar-refractivity contribution in [2.45, 2.75) is 0 Å². The number of rotatable bonds is 2. The van der Waals surface area contributed by atoms with Crippen LogP contribution in [0, 0.1) is 0 Å². The monoisotopic (exact) mass is 135 g/mol. The molecule has 1 aliphatic heterocycles. The van der Waals surface area contributed by atoms with Gasteiger partial charge in [0, 0.05) is 18.9 Å². The largest absolute Gasteiger partial charge is 0.378 e.